The van der Waals surface area contributed by atoms with Crippen molar-refractivity contribution in [2.45, 2.75) is 12.3 Å². The molecule has 1 unspecified atom stereocenters. The van der Waals surface area contributed by atoms with Gasteiger partial charge < -0.3 is 9.72 Å². The Bertz CT molecular complexity index is 743. The summed E-state index contributed by atoms with van der Waals surface area (Å²) in [4.78, 5) is 15.8. The molecule has 0 bridgehead atoms. The Balaban J connectivity index is 2.22. The van der Waals surface area contributed by atoms with Gasteiger partial charge in [-0.25, -0.2) is 0 Å². The molecule has 0 aliphatic heterocycles. The van der Waals surface area contributed by atoms with Gasteiger partial charge in [-0.2, -0.15) is 0 Å². The van der Waals surface area contributed by atoms with Crippen LogP contribution in [0, 0.1) is 0 Å². The molecule has 0 saturated heterocycles. The van der Waals surface area contributed by atoms with Crippen molar-refractivity contribution in [3.8, 4) is 0 Å². The smallest absolute Gasteiger partial charge is 0.322 e. The number of aromatic amines is 1. The first-order valence-corrected chi connectivity index (χ1v) is 6.88. The number of fused-ring (bicyclic) bond motifs is 1. The van der Waals surface area contributed by atoms with Crippen molar-refractivity contribution in [2.75, 3.05) is 7.11 Å². The van der Waals surface area contributed by atoms with Gasteiger partial charge in [-0.1, -0.05) is 48.5 Å². The first kappa shape index (κ1) is 13.4. The highest BCUT2D eigenvalue weighted by molar-refractivity contribution is 5.90. The summed E-state index contributed by atoms with van der Waals surface area (Å²) in [5.41, 5.74) is 1.90. The molecule has 0 aliphatic rings. The van der Waals surface area contributed by atoms with Crippen LogP contribution in [0.2, 0.25) is 0 Å². The number of benzene rings is 2. The minimum absolute atomic E-state index is 0.278. The van der Waals surface area contributed by atoms with Gasteiger partial charge in [0.25, 0.3) is 0 Å². The Hall–Kier alpha value is -2.55. The molecule has 106 valence electrons. The molecule has 1 atom stereocenters. The van der Waals surface area contributed by atoms with Gasteiger partial charge in [0.05, 0.1) is 7.11 Å². The highest BCUT2D eigenvalue weighted by Crippen LogP contribution is 2.34. The fourth-order valence-electron chi connectivity index (χ4n) is 2.70. The maximum atomic E-state index is 12.5. The summed E-state index contributed by atoms with van der Waals surface area (Å²) in [6.45, 7) is 1.89. The molecule has 0 radical (unpaired) electrons. The third-order valence-electron chi connectivity index (χ3n) is 4.01. The third kappa shape index (κ3) is 2.11. The molecule has 0 aliphatic carbocycles. The summed E-state index contributed by atoms with van der Waals surface area (Å²) in [5, 5.41) is 1.08. The number of hydrogen-bond donors (Lipinski definition) is 1. The Morgan fingerprint density at radius 2 is 1.71 bits per heavy atom. The molecule has 0 saturated carbocycles. The largest absolute Gasteiger partial charge is 0.468 e. The van der Waals surface area contributed by atoms with Crippen LogP contribution in [0.25, 0.3) is 10.9 Å². The molecular formula is C18H17NO2. The van der Waals surface area contributed by atoms with E-state index in [1.807, 2.05) is 67.6 Å². The van der Waals surface area contributed by atoms with E-state index in [1.54, 1.807) is 0 Å². The van der Waals surface area contributed by atoms with E-state index in [-0.39, 0.29) is 5.97 Å². The third-order valence-corrected chi connectivity index (χ3v) is 4.01. The van der Waals surface area contributed by atoms with Crippen LogP contribution < -0.4 is 0 Å². The first-order chi connectivity index (χ1) is 10.2. The van der Waals surface area contributed by atoms with E-state index < -0.39 is 5.41 Å². The van der Waals surface area contributed by atoms with Gasteiger partial charge in [0.1, 0.15) is 5.41 Å². The number of methoxy groups -OCH3 is 1. The second-order valence-corrected chi connectivity index (χ2v) is 5.25. The Kier molecular flexibility index (Phi) is 3.26. The number of hydrogen-bond acceptors (Lipinski definition) is 2. The van der Waals surface area contributed by atoms with Gasteiger partial charge in [0.15, 0.2) is 0 Å². The minimum Gasteiger partial charge on any atom is -0.468 e. The average Bonchev–Trinajstić information content (AvgIpc) is 2.98. The van der Waals surface area contributed by atoms with E-state index in [2.05, 4.69) is 4.98 Å². The average molecular weight is 279 g/mol. The maximum Gasteiger partial charge on any atom is 0.322 e. The van der Waals surface area contributed by atoms with Crippen molar-refractivity contribution in [1.29, 1.82) is 0 Å². The summed E-state index contributed by atoms with van der Waals surface area (Å²) in [6, 6.07) is 19.7. The molecule has 1 N–H and O–H groups in total. The van der Waals surface area contributed by atoms with E-state index in [4.69, 9.17) is 4.74 Å². The van der Waals surface area contributed by atoms with Crippen molar-refractivity contribution >= 4 is 16.9 Å². The van der Waals surface area contributed by atoms with Crippen LogP contribution in [0.15, 0.2) is 60.7 Å². The molecular weight excluding hydrogens is 262 g/mol. The van der Waals surface area contributed by atoms with Crippen molar-refractivity contribution in [3.63, 3.8) is 0 Å². The number of nitrogens with one attached hydrogen (secondary N) is 1. The molecule has 2 aromatic carbocycles. The lowest BCUT2D eigenvalue weighted by Gasteiger charge is -2.26. The topological polar surface area (TPSA) is 42.1 Å². The van der Waals surface area contributed by atoms with Gasteiger partial charge in [-0.3, -0.25) is 4.79 Å². The van der Waals surface area contributed by atoms with E-state index >= 15 is 0 Å². The Labute approximate surface area is 123 Å². The minimum atomic E-state index is -0.852. The lowest BCUT2D eigenvalue weighted by atomic mass is 9.79. The number of rotatable bonds is 3. The van der Waals surface area contributed by atoms with E-state index in [0.717, 1.165) is 22.2 Å². The fourth-order valence-corrected chi connectivity index (χ4v) is 2.70. The summed E-state index contributed by atoms with van der Waals surface area (Å²) >= 11 is 0. The second-order valence-electron chi connectivity index (χ2n) is 5.25. The standard InChI is InChI=1S/C18H17NO2/c1-18(17(20)21-2,14-9-4-3-5-10-14)16-12-13-8-6-7-11-15(13)19-16/h3-12,19H,1-2H3. The van der Waals surface area contributed by atoms with Gasteiger partial charge in [0.2, 0.25) is 0 Å². The van der Waals surface area contributed by atoms with Crippen molar-refractivity contribution in [3.05, 3.63) is 71.9 Å². The summed E-state index contributed by atoms with van der Waals surface area (Å²) in [7, 11) is 1.42. The quantitative estimate of drug-likeness (QED) is 0.744. The summed E-state index contributed by atoms with van der Waals surface area (Å²) in [6.07, 6.45) is 0. The lowest BCUT2D eigenvalue weighted by molar-refractivity contribution is -0.145. The number of esters is 1. The molecule has 3 nitrogen and oxygen atoms in total. The van der Waals surface area contributed by atoms with Gasteiger partial charge in [0, 0.05) is 11.2 Å². The number of H-pyrrole nitrogens is 1. The number of para-hydroxylation sites is 1. The van der Waals surface area contributed by atoms with Gasteiger partial charge in [-0.05, 0) is 30.0 Å². The van der Waals surface area contributed by atoms with Crippen LogP contribution >= 0.6 is 0 Å². The van der Waals surface area contributed by atoms with Crippen molar-refractivity contribution in [1.82, 2.24) is 4.98 Å². The van der Waals surface area contributed by atoms with Crippen LogP contribution in [0.1, 0.15) is 18.2 Å². The number of carbonyl (C=O) groups is 1. The molecule has 3 heteroatoms. The van der Waals surface area contributed by atoms with Crippen LogP contribution in [-0.4, -0.2) is 18.1 Å². The predicted molar refractivity (Wildman–Crippen MR) is 83.2 cm³/mol. The molecule has 1 heterocycles. The SMILES string of the molecule is COC(=O)C(C)(c1ccccc1)c1cc2ccccc2[nH]1. The molecule has 21 heavy (non-hydrogen) atoms. The maximum absolute atomic E-state index is 12.5. The van der Waals surface area contributed by atoms with Crippen LogP contribution in [0.3, 0.4) is 0 Å². The molecule has 1 aromatic heterocycles. The van der Waals surface area contributed by atoms with Crippen LogP contribution in [0.5, 0.6) is 0 Å². The molecule has 3 aromatic rings. The fraction of sp³-hybridized carbons (Fsp3) is 0.167. The normalized spacial score (nSPS) is 13.8. The zero-order valence-corrected chi connectivity index (χ0v) is 12.1. The molecule has 0 fully saturated rings. The van der Waals surface area contributed by atoms with Crippen molar-refractivity contribution in [2.24, 2.45) is 0 Å². The van der Waals surface area contributed by atoms with E-state index in [1.165, 1.54) is 7.11 Å². The molecule has 3 rings (SSSR count). The Morgan fingerprint density at radius 3 is 2.38 bits per heavy atom. The molecule has 0 amide bonds. The van der Waals surface area contributed by atoms with Gasteiger partial charge in [-0.15, -0.1) is 0 Å². The highest BCUT2D eigenvalue weighted by atomic mass is 16.5. The zero-order valence-electron chi connectivity index (χ0n) is 12.1. The highest BCUT2D eigenvalue weighted by Gasteiger charge is 2.39. The monoisotopic (exact) mass is 279 g/mol. The zero-order chi connectivity index (χ0) is 14.9. The summed E-state index contributed by atoms with van der Waals surface area (Å²) in [5.74, 6) is -0.278. The van der Waals surface area contributed by atoms with E-state index in [0.29, 0.717) is 0 Å². The Morgan fingerprint density at radius 1 is 1.05 bits per heavy atom. The van der Waals surface area contributed by atoms with Crippen molar-refractivity contribution < 1.29 is 9.53 Å². The first-order valence-electron chi connectivity index (χ1n) is 6.88. The molecule has 0 spiro atoms. The number of aromatic nitrogens is 1. The lowest BCUT2D eigenvalue weighted by Crippen LogP contribution is -2.35. The summed E-state index contributed by atoms with van der Waals surface area (Å²) < 4.78 is 5.06. The van der Waals surface area contributed by atoms with E-state index in [9.17, 15) is 4.79 Å². The predicted octanol–water partition coefficient (Wildman–Crippen LogP) is 3.65. The van der Waals surface area contributed by atoms with Crippen LogP contribution in [0.4, 0.5) is 0 Å². The van der Waals surface area contributed by atoms with Gasteiger partial charge >= 0.3 is 5.97 Å². The number of ether oxygens (including phenoxy) is 1. The van der Waals surface area contributed by atoms with Crippen LogP contribution in [-0.2, 0) is 14.9 Å². The second kappa shape index (κ2) is 5.09. The number of carbonyl (C=O) groups excluding carboxylic acids is 1.